The number of carbonyl (C=O) groups is 2. The van der Waals surface area contributed by atoms with Crippen molar-refractivity contribution in [1.82, 2.24) is 15.5 Å². The summed E-state index contributed by atoms with van der Waals surface area (Å²) in [6, 6.07) is -0.153. The SMILES string of the molecule is CC1CCC(CN)(C(=O)NCCNC(=O)N(C)C)CC1. The Morgan fingerprint density at radius 2 is 1.75 bits per heavy atom. The summed E-state index contributed by atoms with van der Waals surface area (Å²) in [5.41, 5.74) is 5.43. The molecule has 0 unspecified atom stereocenters. The smallest absolute Gasteiger partial charge is 0.316 e. The van der Waals surface area contributed by atoms with Crippen LogP contribution in [0.2, 0.25) is 0 Å². The predicted molar refractivity (Wildman–Crippen MR) is 79.2 cm³/mol. The van der Waals surface area contributed by atoms with E-state index in [1.807, 2.05) is 0 Å². The molecule has 0 spiro atoms. The van der Waals surface area contributed by atoms with E-state index < -0.39 is 5.41 Å². The van der Waals surface area contributed by atoms with E-state index in [0.29, 0.717) is 25.6 Å². The zero-order valence-electron chi connectivity index (χ0n) is 12.9. The van der Waals surface area contributed by atoms with E-state index in [0.717, 1.165) is 25.7 Å². The molecule has 3 amide bonds. The van der Waals surface area contributed by atoms with Gasteiger partial charge in [0.1, 0.15) is 0 Å². The number of rotatable bonds is 5. The summed E-state index contributed by atoms with van der Waals surface area (Å²) in [6.45, 7) is 3.49. The van der Waals surface area contributed by atoms with Gasteiger partial charge in [-0.3, -0.25) is 4.79 Å². The van der Waals surface area contributed by atoms with Crippen molar-refractivity contribution in [3.8, 4) is 0 Å². The van der Waals surface area contributed by atoms with Crippen molar-refractivity contribution >= 4 is 11.9 Å². The summed E-state index contributed by atoms with van der Waals surface area (Å²) in [7, 11) is 3.36. The number of nitrogens with two attached hydrogens (primary N) is 1. The van der Waals surface area contributed by atoms with Gasteiger partial charge in [-0.05, 0) is 31.6 Å². The molecule has 6 heteroatoms. The summed E-state index contributed by atoms with van der Waals surface area (Å²) < 4.78 is 0. The predicted octanol–water partition coefficient (Wildman–Crippen LogP) is 0.529. The molecular formula is C14H28N4O2. The van der Waals surface area contributed by atoms with Gasteiger partial charge in [-0.2, -0.15) is 0 Å². The maximum absolute atomic E-state index is 12.3. The summed E-state index contributed by atoms with van der Waals surface area (Å²) in [6.07, 6.45) is 3.84. The highest BCUT2D eigenvalue weighted by molar-refractivity contribution is 5.83. The Morgan fingerprint density at radius 3 is 2.25 bits per heavy atom. The fraction of sp³-hybridized carbons (Fsp3) is 0.857. The lowest BCUT2D eigenvalue weighted by atomic mass is 9.70. The van der Waals surface area contributed by atoms with E-state index in [4.69, 9.17) is 5.73 Å². The molecule has 1 aliphatic carbocycles. The molecule has 116 valence electrons. The number of hydrogen-bond donors (Lipinski definition) is 3. The quantitative estimate of drug-likeness (QED) is 0.644. The number of carbonyl (C=O) groups excluding carboxylic acids is 2. The maximum Gasteiger partial charge on any atom is 0.316 e. The normalized spacial score (nSPS) is 25.9. The average Bonchev–Trinajstić information content (AvgIpc) is 2.44. The van der Waals surface area contributed by atoms with Crippen LogP contribution in [0.4, 0.5) is 4.79 Å². The summed E-state index contributed by atoms with van der Waals surface area (Å²) in [5.74, 6) is 0.716. The Labute approximate surface area is 121 Å². The Kier molecular flexibility index (Phi) is 6.26. The third-order valence-corrected chi connectivity index (χ3v) is 4.20. The summed E-state index contributed by atoms with van der Waals surface area (Å²) in [5, 5.41) is 5.62. The molecular weight excluding hydrogens is 256 g/mol. The molecule has 4 N–H and O–H groups in total. The molecule has 1 fully saturated rings. The molecule has 0 aromatic heterocycles. The van der Waals surface area contributed by atoms with Gasteiger partial charge in [-0.25, -0.2) is 4.79 Å². The first-order chi connectivity index (χ1) is 9.41. The van der Waals surface area contributed by atoms with Crippen molar-refractivity contribution in [2.45, 2.75) is 32.6 Å². The fourth-order valence-corrected chi connectivity index (χ4v) is 2.53. The molecule has 0 heterocycles. The van der Waals surface area contributed by atoms with Crippen molar-refractivity contribution in [2.75, 3.05) is 33.7 Å². The molecule has 1 aliphatic rings. The highest BCUT2D eigenvalue weighted by Gasteiger charge is 2.39. The van der Waals surface area contributed by atoms with Crippen LogP contribution in [0.15, 0.2) is 0 Å². The standard InChI is InChI=1S/C14H28N4O2/c1-11-4-6-14(10-15,7-5-11)12(19)16-8-9-17-13(20)18(2)3/h11H,4-10,15H2,1-3H3,(H,16,19)(H,17,20). The molecule has 1 saturated carbocycles. The van der Waals surface area contributed by atoms with Gasteiger partial charge in [-0.15, -0.1) is 0 Å². The highest BCUT2D eigenvalue weighted by Crippen LogP contribution is 2.38. The van der Waals surface area contributed by atoms with Gasteiger partial charge in [0.2, 0.25) is 5.91 Å². The molecule has 0 aliphatic heterocycles. The molecule has 1 rings (SSSR count). The van der Waals surface area contributed by atoms with E-state index in [9.17, 15) is 9.59 Å². The number of urea groups is 1. The third kappa shape index (κ3) is 4.37. The minimum absolute atomic E-state index is 0.0333. The van der Waals surface area contributed by atoms with Crippen LogP contribution in [0, 0.1) is 11.3 Å². The molecule has 0 aromatic rings. The maximum atomic E-state index is 12.3. The lowest BCUT2D eigenvalue weighted by Gasteiger charge is -2.37. The monoisotopic (exact) mass is 284 g/mol. The van der Waals surface area contributed by atoms with Crippen molar-refractivity contribution in [3.05, 3.63) is 0 Å². The summed E-state index contributed by atoms with van der Waals surface area (Å²) >= 11 is 0. The van der Waals surface area contributed by atoms with E-state index in [2.05, 4.69) is 17.6 Å². The van der Waals surface area contributed by atoms with E-state index in [-0.39, 0.29) is 11.9 Å². The van der Waals surface area contributed by atoms with Crippen molar-refractivity contribution in [1.29, 1.82) is 0 Å². The van der Waals surface area contributed by atoms with Gasteiger partial charge in [-0.1, -0.05) is 6.92 Å². The number of amides is 3. The zero-order valence-corrected chi connectivity index (χ0v) is 12.9. The van der Waals surface area contributed by atoms with Gasteiger partial charge >= 0.3 is 6.03 Å². The second kappa shape index (κ2) is 7.47. The average molecular weight is 284 g/mol. The Bertz CT molecular complexity index is 336. The van der Waals surface area contributed by atoms with Gasteiger partial charge in [0.15, 0.2) is 0 Å². The van der Waals surface area contributed by atoms with Crippen LogP contribution < -0.4 is 16.4 Å². The molecule has 20 heavy (non-hydrogen) atoms. The molecule has 0 radical (unpaired) electrons. The molecule has 6 nitrogen and oxygen atoms in total. The van der Waals surface area contributed by atoms with Crippen LogP contribution in [0.1, 0.15) is 32.6 Å². The van der Waals surface area contributed by atoms with Crippen molar-refractivity contribution in [2.24, 2.45) is 17.1 Å². The van der Waals surface area contributed by atoms with Gasteiger partial charge in [0.05, 0.1) is 5.41 Å². The highest BCUT2D eigenvalue weighted by atomic mass is 16.2. The minimum atomic E-state index is -0.405. The zero-order chi connectivity index (χ0) is 15.2. The van der Waals surface area contributed by atoms with Crippen LogP contribution in [-0.4, -0.2) is 50.6 Å². The Morgan fingerprint density at radius 1 is 1.20 bits per heavy atom. The Hall–Kier alpha value is -1.30. The number of nitrogens with one attached hydrogen (secondary N) is 2. The van der Waals surface area contributed by atoms with E-state index >= 15 is 0 Å². The summed E-state index contributed by atoms with van der Waals surface area (Å²) in [4.78, 5) is 25.1. The van der Waals surface area contributed by atoms with Gasteiger partial charge in [0.25, 0.3) is 0 Å². The van der Waals surface area contributed by atoms with E-state index in [1.165, 1.54) is 4.90 Å². The van der Waals surface area contributed by atoms with Crippen LogP contribution in [-0.2, 0) is 4.79 Å². The Balaban J connectivity index is 2.35. The number of nitrogens with zero attached hydrogens (tertiary/aromatic N) is 1. The second-order valence-corrected chi connectivity index (χ2v) is 6.05. The minimum Gasteiger partial charge on any atom is -0.354 e. The number of hydrogen-bond acceptors (Lipinski definition) is 3. The van der Waals surface area contributed by atoms with E-state index in [1.54, 1.807) is 14.1 Å². The molecule has 0 bridgehead atoms. The first-order valence-electron chi connectivity index (χ1n) is 7.35. The van der Waals surface area contributed by atoms with Crippen molar-refractivity contribution < 1.29 is 9.59 Å². The first-order valence-corrected chi connectivity index (χ1v) is 7.35. The molecule has 0 saturated heterocycles. The van der Waals surface area contributed by atoms with Crippen LogP contribution in [0.5, 0.6) is 0 Å². The first kappa shape index (κ1) is 16.8. The third-order valence-electron chi connectivity index (χ3n) is 4.20. The second-order valence-electron chi connectivity index (χ2n) is 6.05. The largest absolute Gasteiger partial charge is 0.354 e. The van der Waals surface area contributed by atoms with Crippen LogP contribution >= 0.6 is 0 Å². The lowest BCUT2D eigenvalue weighted by molar-refractivity contribution is -0.132. The van der Waals surface area contributed by atoms with Crippen LogP contribution in [0.3, 0.4) is 0 Å². The van der Waals surface area contributed by atoms with Crippen LogP contribution in [0.25, 0.3) is 0 Å². The lowest BCUT2D eigenvalue weighted by Crippen LogP contribution is -2.49. The van der Waals surface area contributed by atoms with Crippen molar-refractivity contribution in [3.63, 3.8) is 0 Å². The molecule has 0 aromatic carbocycles. The van der Waals surface area contributed by atoms with Gasteiger partial charge < -0.3 is 21.3 Å². The molecule has 0 atom stereocenters. The van der Waals surface area contributed by atoms with Gasteiger partial charge in [0, 0.05) is 33.7 Å². The fourth-order valence-electron chi connectivity index (χ4n) is 2.53. The topological polar surface area (TPSA) is 87.5 Å².